The Kier molecular flexibility index (Phi) is 4.93. The minimum absolute atomic E-state index is 0.395. The van der Waals surface area contributed by atoms with E-state index in [-0.39, 0.29) is 0 Å². The van der Waals surface area contributed by atoms with Gasteiger partial charge >= 0.3 is 0 Å². The Morgan fingerprint density at radius 2 is 1.96 bits per heavy atom. The first-order valence-corrected chi connectivity index (χ1v) is 8.35. The number of rotatable bonds is 4. The number of anilines is 2. The lowest BCUT2D eigenvalue weighted by molar-refractivity contribution is 0.842. The molecule has 0 bridgehead atoms. The van der Waals surface area contributed by atoms with E-state index in [1.165, 1.54) is 11.1 Å². The summed E-state index contributed by atoms with van der Waals surface area (Å²) < 4.78 is 0. The van der Waals surface area contributed by atoms with Crippen LogP contribution in [0.2, 0.25) is 5.15 Å². The molecule has 0 radical (unpaired) electrons. The van der Waals surface area contributed by atoms with Crippen LogP contribution in [-0.4, -0.2) is 21.6 Å². The van der Waals surface area contributed by atoms with E-state index in [0.29, 0.717) is 16.2 Å². The summed E-state index contributed by atoms with van der Waals surface area (Å²) in [6.07, 6.45) is 0.996. The number of nitrogens with zero attached hydrogens (tertiary/aromatic N) is 3. The molecule has 7 heteroatoms. The van der Waals surface area contributed by atoms with Crippen LogP contribution in [0.25, 0.3) is 0 Å². The molecule has 0 atom stereocenters. The first-order valence-electron chi connectivity index (χ1n) is 7.57. The van der Waals surface area contributed by atoms with Crippen molar-refractivity contribution in [1.29, 1.82) is 0 Å². The molecule has 1 aliphatic rings. The van der Waals surface area contributed by atoms with E-state index in [4.69, 9.17) is 23.8 Å². The van der Waals surface area contributed by atoms with Gasteiger partial charge in [-0.25, -0.2) is 4.98 Å². The van der Waals surface area contributed by atoms with Crippen LogP contribution in [0.1, 0.15) is 24.5 Å². The lowest BCUT2D eigenvalue weighted by atomic mass is 10.1. The summed E-state index contributed by atoms with van der Waals surface area (Å²) in [5, 5.41) is 6.98. The molecule has 2 aromatic rings. The fraction of sp³-hybridized carbons (Fsp3) is 0.312. The molecule has 0 saturated carbocycles. The van der Waals surface area contributed by atoms with Crippen LogP contribution in [0.4, 0.5) is 11.8 Å². The highest BCUT2D eigenvalue weighted by molar-refractivity contribution is 7.80. The van der Waals surface area contributed by atoms with E-state index in [0.717, 1.165) is 31.9 Å². The summed E-state index contributed by atoms with van der Waals surface area (Å²) >= 11 is 11.4. The van der Waals surface area contributed by atoms with Crippen LogP contribution in [0.3, 0.4) is 0 Å². The maximum absolute atomic E-state index is 6.15. The molecule has 0 fully saturated rings. The van der Waals surface area contributed by atoms with Gasteiger partial charge < -0.3 is 15.5 Å². The fourth-order valence-electron chi connectivity index (χ4n) is 2.50. The second-order valence-electron chi connectivity index (χ2n) is 5.38. The highest BCUT2D eigenvalue weighted by Crippen LogP contribution is 2.28. The predicted molar refractivity (Wildman–Crippen MR) is 97.9 cm³/mol. The lowest BCUT2D eigenvalue weighted by Crippen LogP contribution is -2.30. The molecular formula is C16H18ClN5S. The molecule has 5 nitrogen and oxygen atoms in total. The smallest absolute Gasteiger partial charge is 0.232 e. The van der Waals surface area contributed by atoms with Gasteiger partial charge in [0.05, 0.1) is 0 Å². The quantitative estimate of drug-likeness (QED) is 0.653. The summed E-state index contributed by atoms with van der Waals surface area (Å²) in [6.45, 7) is 4.53. The van der Waals surface area contributed by atoms with Crippen LogP contribution >= 0.6 is 23.8 Å². The molecule has 120 valence electrons. The van der Waals surface area contributed by atoms with Crippen LogP contribution < -0.4 is 15.5 Å². The Morgan fingerprint density at radius 1 is 1.26 bits per heavy atom. The molecule has 0 spiro atoms. The van der Waals surface area contributed by atoms with E-state index in [2.05, 4.69) is 56.7 Å². The standard InChI is InChI=1S/C16H18ClN5S/c1-2-7-18-16(23)21-15-19-13(17)8-14(20-15)22-9-11-5-3-4-6-12(11)10-22/h3-6,8H,2,7,9-10H2,1H3,(H2,18,19,20,21,23). The minimum Gasteiger partial charge on any atom is -0.362 e. The van der Waals surface area contributed by atoms with Crippen LogP contribution in [0.15, 0.2) is 30.3 Å². The maximum Gasteiger partial charge on any atom is 0.232 e. The van der Waals surface area contributed by atoms with Crippen molar-refractivity contribution in [3.05, 3.63) is 46.6 Å². The van der Waals surface area contributed by atoms with Gasteiger partial charge in [0.2, 0.25) is 5.95 Å². The van der Waals surface area contributed by atoms with E-state index < -0.39 is 0 Å². The normalized spacial score (nSPS) is 12.9. The summed E-state index contributed by atoms with van der Waals surface area (Å²) in [6, 6.07) is 10.2. The van der Waals surface area contributed by atoms with Crippen molar-refractivity contribution >= 4 is 40.7 Å². The van der Waals surface area contributed by atoms with Crippen molar-refractivity contribution < 1.29 is 0 Å². The zero-order valence-corrected chi connectivity index (χ0v) is 14.4. The highest BCUT2D eigenvalue weighted by Gasteiger charge is 2.20. The van der Waals surface area contributed by atoms with Crippen LogP contribution in [-0.2, 0) is 13.1 Å². The van der Waals surface area contributed by atoms with E-state index in [1.54, 1.807) is 6.07 Å². The Labute approximate surface area is 146 Å². The number of thiocarbonyl (C=S) groups is 1. The van der Waals surface area contributed by atoms with Gasteiger partial charge in [-0.05, 0) is 29.8 Å². The SMILES string of the molecule is CCCNC(=S)Nc1nc(Cl)cc(N2Cc3ccccc3C2)n1. The molecule has 0 amide bonds. The zero-order valence-electron chi connectivity index (χ0n) is 12.8. The van der Waals surface area contributed by atoms with Crippen molar-refractivity contribution in [3.8, 4) is 0 Å². The molecule has 0 saturated heterocycles. The van der Waals surface area contributed by atoms with Gasteiger partial charge in [0.25, 0.3) is 0 Å². The summed E-state index contributed by atoms with van der Waals surface area (Å²) in [5.74, 6) is 1.21. The van der Waals surface area contributed by atoms with Crippen LogP contribution in [0.5, 0.6) is 0 Å². The molecule has 1 aromatic heterocycles. The Hall–Kier alpha value is -1.92. The summed E-state index contributed by atoms with van der Waals surface area (Å²) in [5.41, 5.74) is 2.63. The van der Waals surface area contributed by atoms with Gasteiger partial charge in [0.1, 0.15) is 11.0 Å². The molecule has 1 aromatic carbocycles. The van der Waals surface area contributed by atoms with Crippen molar-refractivity contribution in [2.24, 2.45) is 0 Å². The monoisotopic (exact) mass is 347 g/mol. The van der Waals surface area contributed by atoms with Gasteiger partial charge in [-0.2, -0.15) is 4.98 Å². The van der Waals surface area contributed by atoms with Gasteiger partial charge in [0, 0.05) is 25.7 Å². The molecule has 23 heavy (non-hydrogen) atoms. The third-order valence-corrected chi connectivity index (χ3v) is 4.05. The average molecular weight is 348 g/mol. The lowest BCUT2D eigenvalue weighted by Gasteiger charge is -2.18. The van der Waals surface area contributed by atoms with Crippen molar-refractivity contribution in [2.75, 3.05) is 16.8 Å². The second-order valence-corrected chi connectivity index (χ2v) is 6.17. The number of benzene rings is 1. The largest absolute Gasteiger partial charge is 0.362 e. The molecule has 2 heterocycles. The van der Waals surface area contributed by atoms with Crippen molar-refractivity contribution in [2.45, 2.75) is 26.4 Å². The second kappa shape index (κ2) is 7.10. The molecule has 3 rings (SSSR count). The molecule has 0 unspecified atom stereocenters. The summed E-state index contributed by atoms with van der Waals surface area (Å²) in [4.78, 5) is 10.9. The number of aromatic nitrogens is 2. The number of halogens is 1. The maximum atomic E-state index is 6.15. The molecule has 2 N–H and O–H groups in total. The molecule has 0 aliphatic carbocycles. The van der Waals surface area contributed by atoms with E-state index in [9.17, 15) is 0 Å². The van der Waals surface area contributed by atoms with Gasteiger partial charge in [-0.1, -0.05) is 42.8 Å². The van der Waals surface area contributed by atoms with Crippen LogP contribution in [0, 0.1) is 0 Å². The summed E-state index contributed by atoms with van der Waals surface area (Å²) in [7, 11) is 0. The van der Waals surface area contributed by atoms with Gasteiger partial charge in [-0.15, -0.1) is 0 Å². The number of nitrogens with one attached hydrogen (secondary N) is 2. The molecule has 1 aliphatic heterocycles. The van der Waals surface area contributed by atoms with Gasteiger partial charge in [-0.3, -0.25) is 0 Å². The highest BCUT2D eigenvalue weighted by atomic mass is 35.5. The van der Waals surface area contributed by atoms with E-state index in [1.807, 2.05) is 0 Å². The van der Waals surface area contributed by atoms with Gasteiger partial charge in [0.15, 0.2) is 5.11 Å². The number of fused-ring (bicyclic) bond motifs is 1. The zero-order chi connectivity index (χ0) is 16.2. The first kappa shape index (κ1) is 16.0. The van der Waals surface area contributed by atoms with E-state index >= 15 is 0 Å². The Bertz CT molecular complexity index is 696. The van der Waals surface area contributed by atoms with Crippen molar-refractivity contribution in [3.63, 3.8) is 0 Å². The Morgan fingerprint density at radius 3 is 2.61 bits per heavy atom. The molecular weight excluding hydrogens is 330 g/mol. The average Bonchev–Trinajstić information content (AvgIpc) is 2.96. The third-order valence-electron chi connectivity index (χ3n) is 3.61. The number of hydrogen-bond donors (Lipinski definition) is 2. The first-order chi connectivity index (χ1) is 11.2. The number of hydrogen-bond acceptors (Lipinski definition) is 4. The minimum atomic E-state index is 0.395. The predicted octanol–water partition coefficient (Wildman–Crippen LogP) is 3.35. The Balaban J connectivity index is 1.75. The van der Waals surface area contributed by atoms with Crippen molar-refractivity contribution in [1.82, 2.24) is 15.3 Å². The fourth-order valence-corrected chi connectivity index (χ4v) is 2.87. The topological polar surface area (TPSA) is 53.1 Å². The third kappa shape index (κ3) is 3.89.